The van der Waals surface area contributed by atoms with Crippen molar-refractivity contribution < 1.29 is 0 Å². The normalized spacial score (nSPS) is 10.8. The molecule has 1 heterocycles. The molecule has 0 bridgehead atoms. The second-order valence-electron chi connectivity index (χ2n) is 3.17. The lowest BCUT2D eigenvalue weighted by Gasteiger charge is -2.04. The third-order valence-corrected chi connectivity index (χ3v) is 3.55. The van der Waals surface area contributed by atoms with Crippen molar-refractivity contribution in [3.8, 4) is 0 Å². The molecule has 0 aliphatic carbocycles. The zero-order chi connectivity index (χ0) is 9.68. The highest BCUT2D eigenvalue weighted by Gasteiger charge is 1.99. The van der Waals surface area contributed by atoms with Crippen molar-refractivity contribution in [1.82, 2.24) is 4.98 Å². The van der Waals surface area contributed by atoms with Crippen molar-refractivity contribution in [3.05, 3.63) is 29.6 Å². The Labute approximate surface area is 88.1 Å². The predicted molar refractivity (Wildman–Crippen MR) is 63.1 cm³/mol. The van der Waals surface area contributed by atoms with Crippen molar-refractivity contribution in [2.24, 2.45) is 0 Å². The summed E-state index contributed by atoms with van der Waals surface area (Å²) < 4.78 is 0. The number of hydrogen-bond donors (Lipinski definition) is 0. The first-order valence-corrected chi connectivity index (χ1v) is 7.07. The second-order valence-corrected chi connectivity index (χ2v) is 5.73. The van der Waals surface area contributed by atoms with Crippen LogP contribution in [0.2, 0.25) is 0 Å². The van der Waals surface area contributed by atoms with Crippen LogP contribution in [-0.4, -0.2) is 11.2 Å². The summed E-state index contributed by atoms with van der Waals surface area (Å²) in [5.74, 6) is 1.58. The maximum atomic E-state index is 4.40. The Morgan fingerprint density at radius 2 is 2.15 bits per heavy atom. The predicted octanol–water partition coefficient (Wildman–Crippen LogP) is 3.72. The van der Waals surface area contributed by atoms with E-state index in [1.165, 1.54) is 11.3 Å². The topological polar surface area (TPSA) is 12.9 Å². The Balaban J connectivity index is 2.59. The minimum atomic E-state index is 0.578. The van der Waals surface area contributed by atoms with Crippen molar-refractivity contribution in [3.63, 3.8) is 0 Å². The molecule has 0 saturated carbocycles. The molecule has 0 N–H and O–H groups in total. The third kappa shape index (κ3) is 3.61. The molecule has 3 heteroatoms. The van der Waals surface area contributed by atoms with Gasteiger partial charge in [-0.2, -0.15) is 0 Å². The summed E-state index contributed by atoms with van der Waals surface area (Å²) in [7, 11) is 3.61. The average Bonchev–Trinajstić information content (AvgIpc) is 2.15. The fourth-order valence-corrected chi connectivity index (χ4v) is 2.11. The minimum Gasteiger partial charge on any atom is -0.260 e. The van der Waals surface area contributed by atoms with Crippen molar-refractivity contribution >= 4 is 21.6 Å². The molecule has 1 nitrogen and oxygen atoms in total. The zero-order valence-electron chi connectivity index (χ0n) is 8.28. The molecule has 0 aliphatic rings. The van der Waals surface area contributed by atoms with Crippen molar-refractivity contribution in [2.45, 2.75) is 25.5 Å². The first-order valence-electron chi connectivity index (χ1n) is 4.34. The highest BCUT2D eigenvalue weighted by Crippen LogP contribution is 2.22. The lowest BCUT2D eigenvalue weighted by molar-refractivity contribution is 0.855. The monoisotopic (exact) mass is 213 g/mol. The second kappa shape index (κ2) is 5.55. The van der Waals surface area contributed by atoms with Gasteiger partial charge in [-0.15, -0.1) is 0 Å². The van der Waals surface area contributed by atoms with Gasteiger partial charge in [-0.25, -0.2) is 0 Å². The van der Waals surface area contributed by atoms with E-state index in [9.17, 15) is 0 Å². The fourth-order valence-electron chi connectivity index (χ4n) is 0.982. The molecule has 0 radical (unpaired) electrons. The minimum absolute atomic E-state index is 0.578. The summed E-state index contributed by atoms with van der Waals surface area (Å²) in [4.78, 5) is 4.40. The van der Waals surface area contributed by atoms with Gasteiger partial charge >= 0.3 is 0 Å². The molecule has 0 unspecified atom stereocenters. The number of aromatic nitrogens is 1. The van der Waals surface area contributed by atoms with Crippen LogP contribution in [0.15, 0.2) is 18.3 Å². The summed E-state index contributed by atoms with van der Waals surface area (Å²) in [6.07, 6.45) is 4.08. The van der Waals surface area contributed by atoms with Gasteiger partial charge in [0.15, 0.2) is 0 Å². The van der Waals surface area contributed by atoms with Gasteiger partial charge in [0.2, 0.25) is 0 Å². The van der Waals surface area contributed by atoms with Gasteiger partial charge in [0.1, 0.15) is 0 Å². The Bertz CT molecular complexity index is 244. The summed E-state index contributed by atoms with van der Waals surface area (Å²) in [6.45, 7) is 4.38. The SMILES string of the molecule is CSSCc1ccc(C(C)C)cn1. The number of rotatable bonds is 4. The van der Waals surface area contributed by atoms with E-state index in [2.05, 4.69) is 37.2 Å². The molecule has 72 valence electrons. The molecule has 0 aliphatic heterocycles. The molecule has 0 amide bonds. The maximum absolute atomic E-state index is 4.40. The van der Waals surface area contributed by atoms with E-state index in [-0.39, 0.29) is 0 Å². The molecule has 1 rings (SSSR count). The quantitative estimate of drug-likeness (QED) is 0.708. The molecular weight excluding hydrogens is 198 g/mol. The van der Waals surface area contributed by atoms with E-state index in [0.29, 0.717) is 5.92 Å². The van der Waals surface area contributed by atoms with E-state index in [1.807, 2.05) is 17.0 Å². The molecule has 13 heavy (non-hydrogen) atoms. The van der Waals surface area contributed by atoms with E-state index < -0.39 is 0 Å². The Morgan fingerprint density at radius 3 is 2.62 bits per heavy atom. The summed E-state index contributed by atoms with van der Waals surface area (Å²) in [6, 6.07) is 4.30. The number of nitrogens with zero attached hydrogens (tertiary/aromatic N) is 1. The molecule has 0 spiro atoms. The zero-order valence-corrected chi connectivity index (χ0v) is 9.91. The van der Waals surface area contributed by atoms with Crippen LogP contribution >= 0.6 is 21.6 Å². The number of hydrogen-bond acceptors (Lipinski definition) is 3. The van der Waals surface area contributed by atoms with Crippen LogP contribution in [-0.2, 0) is 5.75 Å². The Kier molecular flexibility index (Phi) is 4.67. The molecule has 1 aromatic rings. The molecule has 0 fully saturated rings. The van der Waals surface area contributed by atoms with E-state index in [0.717, 1.165) is 5.75 Å². The maximum Gasteiger partial charge on any atom is 0.0511 e. The Hall–Kier alpha value is -0.150. The summed E-state index contributed by atoms with van der Waals surface area (Å²) in [5.41, 5.74) is 2.49. The van der Waals surface area contributed by atoms with Gasteiger partial charge in [0, 0.05) is 11.9 Å². The van der Waals surface area contributed by atoms with Crippen LogP contribution < -0.4 is 0 Å². The summed E-state index contributed by atoms with van der Waals surface area (Å²) in [5, 5.41) is 0. The lowest BCUT2D eigenvalue weighted by Crippen LogP contribution is -1.91. The van der Waals surface area contributed by atoms with Crippen LogP contribution in [0.1, 0.15) is 31.0 Å². The molecular formula is C10H15NS2. The van der Waals surface area contributed by atoms with E-state index in [1.54, 1.807) is 10.8 Å². The number of pyridine rings is 1. The van der Waals surface area contributed by atoms with E-state index in [4.69, 9.17) is 0 Å². The van der Waals surface area contributed by atoms with Crippen LogP contribution in [0, 0.1) is 0 Å². The van der Waals surface area contributed by atoms with Gasteiger partial charge in [-0.05, 0) is 23.8 Å². The highest BCUT2D eigenvalue weighted by atomic mass is 33.1. The van der Waals surface area contributed by atoms with Crippen LogP contribution in [0.5, 0.6) is 0 Å². The van der Waals surface area contributed by atoms with Gasteiger partial charge < -0.3 is 0 Å². The van der Waals surface area contributed by atoms with Gasteiger partial charge in [-0.3, -0.25) is 4.98 Å². The lowest BCUT2D eigenvalue weighted by atomic mass is 10.1. The average molecular weight is 213 g/mol. The Morgan fingerprint density at radius 1 is 1.38 bits per heavy atom. The van der Waals surface area contributed by atoms with Gasteiger partial charge in [-0.1, -0.05) is 41.5 Å². The van der Waals surface area contributed by atoms with Gasteiger partial charge in [0.25, 0.3) is 0 Å². The largest absolute Gasteiger partial charge is 0.260 e. The first-order chi connectivity index (χ1) is 6.24. The van der Waals surface area contributed by atoms with Gasteiger partial charge in [0.05, 0.1) is 5.69 Å². The smallest absolute Gasteiger partial charge is 0.0511 e. The molecule has 0 atom stereocenters. The van der Waals surface area contributed by atoms with Crippen LogP contribution in [0.4, 0.5) is 0 Å². The van der Waals surface area contributed by atoms with Crippen molar-refractivity contribution in [1.29, 1.82) is 0 Å². The van der Waals surface area contributed by atoms with E-state index >= 15 is 0 Å². The first kappa shape index (κ1) is 10.9. The van der Waals surface area contributed by atoms with Crippen LogP contribution in [0.3, 0.4) is 0 Å². The summed E-state index contributed by atoms with van der Waals surface area (Å²) >= 11 is 0. The molecule has 0 aromatic carbocycles. The third-order valence-electron chi connectivity index (χ3n) is 1.84. The molecule has 1 aromatic heterocycles. The van der Waals surface area contributed by atoms with Crippen molar-refractivity contribution in [2.75, 3.05) is 6.26 Å². The van der Waals surface area contributed by atoms with Crippen LogP contribution in [0.25, 0.3) is 0 Å². The fraction of sp³-hybridized carbons (Fsp3) is 0.500. The molecule has 0 saturated heterocycles. The standard InChI is InChI=1S/C10H15NS2/c1-8(2)9-4-5-10(11-6-9)7-13-12-3/h4-6,8H,7H2,1-3H3. The highest BCUT2D eigenvalue weighted by molar-refractivity contribution is 8.76.